The fraction of sp³-hybridized carbons (Fsp3) is 0.200. The molecule has 2 aromatic carbocycles. The zero-order valence-electron chi connectivity index (χ0n) is 15.8. The average Bonchev–Trinajstić information content (AvgIpc) is 3.16. The van der Waals surface area contributed by atoms with E-state index in [0.29, 0.717) is 5.13 Å². The van der Waals surface area contributed by atoms with Gasteiger partial charge < -0.3 is 0 Å². The number of rotatable bonds is 6. The van der Waals surface area contributed by atoms with Gasteiger partial charge in [0.1, 0.15) is 0 Å². The fourth-order valence-corrected chi connectivity index (χ4v) is 4.22. The van der Waals surface area contributed by atoms with Crippen molar-refractivity contribution in [1.82, 2.24) is 9.29 Å². The molecule has 0 unspecified atom stereocenters. The molecule has 0 radical (unpaired) electrons. The monoisotopic (exact) mass is 415 g/mol. The molecule has 0 aliphatic rings. The molecular formula is C20H21N3O3S2. The van der Waals surface area contributed by atoms with Crippen LogP contribution in [0.2, 0.25) is 0 Å². The second kappa shape index (κ2) is 8.22. The summed E-state index contributed by atoms with van der Waals surface area (Å²) >= 11 is 1.32. The highest BCUT2D eigenvalue weighted by atomic mass is 32.2. The van der Waals surface area contributed by atoms with Crippen molar-refractivity contribution >= 4 is 32.4 Å². The number of amides is 1. The Labute approximate surface area is 168 Å². The SMILES string of the molecule is CCc1ccc(-c2csc(NC(=O)c3cccc(S(=O)(=O)N(C)C)c3)n2)cc1. The Balaban J connectivity index is 1.78. The largest absolute Gasteiger partial charge is 0.298 e. The number of sulfonamides is 1. The summed E-state index contributed by atoms with van der Waals surface area (Å²) in [5.41, 5.74) is 3.27. The van der Waals surface area contributed by atoms with Gasteiger partial charge >= 0.3 is 0 Å². The zero-order valence-corrected chi connectivity index (χ0v) is 17.5. The molecule has 0 atom stereocenters. The Morgan fingerprint density at radius 2 is 1.86 bits per heavy atom. The smallest absolute Gasteiger partial charge is 0.257 e. The van der Waals surface area contributed by atoms with Gasteiger partial charge in [0.2, 0.25) is 10.0 Å². The lowest BCUT2D eigenvalue weighted by atomic mass is 10.1. The normalized spacial score (nSPS) is 11.6. The number of nitrogens with zero attached hydrogens (tertiary/aromatic N) is 2. The first-order valence-corrected chi connectivity index (χ1v) is 11.0. The standard InChI is InChI=1S/C20H21N3O3S2/c1-4-14-8-10-15(11-9-14)18-13-27-20(21-18)22-19(24)16-6-5-7-17(12-16)28(25,26)23(2)3/h5-13H,4H2,1-3H3,(H,21,22,24). The number of aromatic nitrogens is 1. The van der Waals surface area contributed by atoms with Crippen LogP contribution in [0, 0.1) is 0 Å². The van der Waals surface area contributed by atoms with Crippen molar-refractivity contribution in [2.24, 2.45) is 0 Å². The molecule has 0 spiro atoms. The van der Waals surface area contributed by atoms with Gasteiger partial charge in [0, 0.05) is 30.6 Å². The predicted octanol–water partition coefficient (Wildman–Crippen LogP) is 3.88. The van der Waals surface area contributed by atoms with Crippen LogP contribution in [0.1, 0.15) is 22.8 Å². The molecule has 6 nitrogen and oxygen atoms in total. The number of carbonyl (C=O) groups excluding carboxylic acids is 1. The number of benzene rings is 2. The molecule has 1 N–H and O–H groups in total. The highest BCUT2D eigenvalue weighted by Crippen LogP contribution is 2.26. The summed E-state index contributed by atoms with van der Waals surface area (Å²) in [5.74, 6) is -0.405. The second-order valence-corrected chi connectivity index (χ2v) is 9.37. The highest BCUT2D eigenvalue weighted by Gasteiger charge is 2.19. The second-order valence-electron chi connectivity index (χ2n) is 6.36. The summed E-state index contributed by atoms with van der Waals surface area (Å²) in [5, 5.41) is 5.08. The molecule has 146 valence electrons. The van der Waals surface area contributed by atoms with Crippen LogP contribution in [0.3, 0.4) is 0 Å². The van der Waals surface area contributed by atoms with Gasteiger partial charge in [0.25, 0.3) is 5.91 Å². The van der Waals surface area contributed by atoms with Crippen LogP contribution in [0.5, 0.6) is 0 Å². The molecule has 0 aliphatic carbocycles. The minimum atomic E-state index is -3.60. The van der Waals surface area contributed by atoms with Crippen molar-refractivity contribution < 1.29 is 13.2 Å². The topological polar surface area (TPSA) is 79.4 Å². The minimum Gasteiger partial charge on any atom is -0.298 e. The van der Waals surface area contributed by atoms with Crippen LogP contribution >= 0.6 is 11.3 Å². The third-order valence-corrected chi connectivity index (χ3v) is 6.83. The van der Waals surface area contributed by atoms with Crippen molar-refractivity contribution in [1.29, 1.82) is 0 Å². The summed E-state index contributed by atoms with van der Waals surface area (Å²) in [7, 11) is -0.702. The lowest BCUT2D eigenvalue weighted by Crippen LogP contribution is -2.22. The van der Waals surface area contributed by atoms with Gasteiger partial charge in [-0.1, -0.05) is 37.3 Å². The quantitative estimate of drug-likeness (QED) is 0.663. The van der Waals surface area contributed by atoms with Crippen molar-refractivity contribution in [3.05, 3.63) is 65.0 Å². The van der Waals surface area contributed by atoms with Gasteiger partial charge in [-0.15, -0.1) is 11.3 Å². The van der Waals surface area contributed by atoms with E-state index in [2.05, 4.69) is 29.4 Å². The molecule has 3 aromatic rings. The van der Waals surface area contributed by atoms with Crippen molar-refractivity contribution in [3.8, 4) is 11.3 Å². The lowest BCUT2D eigenvalue weighted by molar-refractivity contribution is 0.102. The average molecular weight is 416 g/mol. The van der Waals surface area contributed by atoms with Crippen molar-refractivity contribution in [3.63, 3.8) is 0 Å². The number of anilines is 1. The van der Waals surface area contributed by atoms with E-state index in [9.17, 15) is 13.2 Å². The Hall–Kier alpha value is -2.55. The van der Waals surface area contributed by atoms with E-state index in [0.717, 1.165) is 22.0 Å². The molecule has 3 rings (SSSR count). The lowest BCUT2D eigenvalue weighted by Gasteiger charge is -2.12. The van der Waals surface area contributed by atoms with Gasteiger partial charge in [-0.05, 0) is 30.2 Å². The molecule has 0 fully saturated rings. The molecule has 0 saturated heterocycles. The Morgan fingerprint density at radius 3 is 2.50 bits per heavy atom. The van der Waals surface area contributed by atoms with E-state index < -0.39 is 15.9 Å². The third kappa shape index (κ3) is 4.30. The Kier molecular flexibility index (Phi) is 5.93. The number of thiazole rings is 1. The predicted molar refractivity (Wildman–Crippen MR) is 112 cm³/mol. The molecule has 0 aliphatic heterocycles. The van der Waals surface area contributed by atoms with Crippen LogP contribution in [0.4, 0.5) is 5.13 Å². The minimum absolute atomic E-state index is 0.0704. The van der Waals surface area contributed by atoms with Gasteiger partial charge in [0.15, 0.2) is 5.13 Å². The molecule has 1 amide bonds. The van der Waals surface area contributed by atoms with Gasteiger partial charge in [-0.2, -0.15) is 0 Å². The number of aryl methyl sites for hydroxylation is 1. The van der Waals surface area contributed by atoms with Crippen molar-refractivity contribution in [2.75, 3.05) is 19.4 Å². The molecule has 0 saturated carbocycles. The highest BCUT2D eigenvalue weighted by molar-refractivity contribution is 7.89. The summed E-state index contributed by atoms with van der Waals surface area (Å²) < 4.78 is 25.6. The molecule has 0 bridgehead atoms. The molecule has 1 heterocycles. The van der Waals surface area contributed by atoms with E-state index in [1.807, 2.05) is 17.5 Å². The van der Waals surface area contributed by atoms with E-state index in [4.69, 9.17) is 0 Å². The molecule has 1 aromatic heterocycles. The Morgan fingerprint density at radius 1 is 1.14 bits per heavy atom. The molecular weight excluding hydrogens is 394 g/mol. The maximum atomic E-state index is 12.5. The molecule has 28 heavy (non-hydrogen) atoms. The third-order valence-electron chi connectivity index (χ3n) is 4.26. The van der Waals surface area contributed by atoms with Crippen molar-refractivity contribution in [2.45, 2.75) is 18.2 Å². The number of carbonyl (C=O) groups is 1. The number of hydrogen-bond donors (Lipinski definition) is 1. The number of nitrogens with one attached hydrogen (secondary N) is 1. The van der Waals surface area contributed by atoms with E-state index >= 15 is 0 Å². The van der Waals surface area contributed by atoms with E-state index in [-0.39, 0.29) is 10.5 Å². The Bertz CT molecular complexity index is 1090. The first-order chi connectivity index (χ1) is 13.3. The van der Waals surface area contributed by atoms with Crippen LogP contribution in [-0.4, -0.2) is 37.7 Å². The van der Waals surface area contributed by atoms with Crippen LogP contribution in [0.25, 0.3) is 11.3 Å². The van der Waals surface area contributed by atoms with E-state index in [1.54, 1.807) is 12.1 Å². The van der Waals surface area contributed by atoms with E-state index in [1.165, 1.54) is 43.1 Å². The van der Waals surface area contributed by atoms with Gasteiger partial charge in [-0.3, -0.25) is 10.1 Å². The maximum absolute atomic E-state index is 12.5. The van der Waals surface area contributed by atoms with Gasteiger partial charge in [-0.25, -0.2) is 17.7 Å². The van der Waals surface area contributed by atoms with Crippen LogP contribution in [0.15, 0.2) is 58.8 Å². The first kappa shape index (κ1) is 20.2. The van der Waals surface area contributed by atoms with Crippen LogP contribution in [-0.2, 0) is 16.4 Å². The van der Waals surface area contributed by atoms with Gasteiger partial charge in [0.05, 0.1) is 10.6 Å². The maximum Gasteiger partial charge on any atom is 0.257 e. The molecule has 8 heteroatoms. The number of hydrogen-bond acceptors (Lipinski definition) is 5. The van der Waals surface area contributed by atoms with Crippen LogP contribution < -0.4 is 5.32 Å². The summed E-state index contributed by atoms with van der Waals surface area (Å²) in [6.07, 6.45) is 0.973. The summed E-state index contributed by atoms with van der Waals surface area (Å²) in [6, 6.07) is 14.1. The summed E-state index contributed by atoms with van der Waals surface area (Å²) in [6.45, 7) is 2.10. The first-order valence-electron chi connectivity index (χ1n) is 8.70. The fourth-order valence-electron chi connectivity index (χ4n) is 2.55. The zero-order chi connectivity index (χ0) is 20.3. The summed E-state index contributed by atoms with van der Waals surface area (Å²) in [4.78, 5) is 17.1.